The van der Waals surface area contributed by atoms with Gasteiger partial charge in [-0.3, -0.25) is 15.0 Å². The highest BCUT2D eigenvalue weighted by atomic mass is 19.1. The van der Waals surface area contributed by atoms with Crippen LogP contribution in [0.1, 0.15) is 0 Å². The molecule has 0 amide bonds. The van der Waals surface area contributed by atoms with E-state index in [9.17, 15) is 14.5 Å². The van der Waals surface area contributed by atoms with Crippen LogP contribution in [0.3, 0.4) is 0 Å². The Balaban J connectivity index is 2.06. The fourth-order valence-corrected chi connectivity index (χ4v) is 2.34. The number of methoxy groups -OCH3 is 1. The molecule has 0 unspecified atom stereocenters. The lowest BCUT2D eigenvalue weighted by atomic mass is 10.2. The molecule has 1 aromatic rings. The summed E-state index contributed by atoms with van der Waals surface area (Å²) in [5.41, 5.74) is 0.318. The molecule has 1 fully saturated rings. The molecule has 2 rings (SSSR count). The van der Waals surface area contributed by atoms with Crippen LogP contribution in [0.2, 0.25) is 0 Å². The molecule has 0 bridgehead atoms. The van der Waals surface area contributed by atoms with Gasteiger partial charge in [0, 0.05) is 52.0 Å². The number of benzene rings is 1. The number of piperazine rings is 1. The lowest BCUT2D eigenvalue weighted by molar-refractivity contribution is -0.384. The van der Waals surface area contributed by atoms with E-state index in [0.717, 1.165) is 25.7 Å². The van der Waals surface area contributed by atoms with E-state index < -0.39 is 10.7 Å². The van der Waals surface area contributed by atoms with Crippen molar-refractivity contribution >= 4 is 11.4 Å². The molecule has 0 spiro atoms. The third-order valence-electron chi connectivity index (χ3n) is 3.46. The van der Waals surface area contributed by atoms with Crippen molar-refractivity contribution in [1.29, 1.82) is 0 Å². The first-order valence-corrected chi connectivity index (χ1v) is 6.52. The van der Waals surface area contributed by atoms with E-state index in [-0.39, 0.29) is 5.69 Å². The van der Waals surface area contributed by atoms with Gasteiger partial charge in [0.25, 0.3) is 5.69 Å². The second-order valence-electron chi connectivity index (χ2n) is 4.71. The van der Waals surface area contributed by atoms with Crippen LogP contribution in [0.25, 0.3) is 0 Å². The summed E-state index contributed by atoms with van der Waals surface area (Å²) >= 11 is 0. The normalized spacial score (nSPS) is 16.4. The highest BCUT2D eigenvalue weighted by Gasteiger charge is 2.23. The lowest BCUT2D eigenvalue weighted by Gasteiger charge is -2.35. The molecule has 1 heterocycles. The summed E-state index contributed by atoms with van der Waals surface area (Å²) in [5, 5.41) is 11.0. The van der Waals surface area contributed by atoms with Crippen LogP contribution < -0.4 is 4.90 Å². The van der Waals surface area contributed by atoms with Crippen LogP contribution in [-0.2, 0) is 4.74 Å². The molecular weight excluding hydrogens is 265 g/mol. The van der Waals surface area contributed by atoms with E-state index in [2.05, 4.69) is 4.90 Å². The van der Waals surface area contributed by atoms with Crippen molar-refractivity contribution in [2.45, 2.75) is 0 Å². The van der Waals surface area contributed by atoms with Crippen molar-refractivity contribution in [3.05, 3.63) is 34.1 Å². The predicted octanol–water partition coefficient (Wildman–Crippen LogP) is 1.50. The molecule has 1 aliphatic rings. The molecule has 0 atom stereocenters. The zero-order valence-electron chi connectivity index (χ0n) is 11.4. The van der Waals surface area contributed by atoms with Crippen LogP contribution >= 0.6 is 0 Å². The van der Waals surface area contributed by atoms with Crippen molar-refractivity contribution in [1.82, 2.24) is 4.90 Å². The standard InChI is InChI=1S/C13H18FN3O3/c1-20-9-8-15-4-6-16(7-5-15)13-10-11(14)2-3-12(13)17(18)19/h2-3,10H,4-9H2,1H3. The van der Waals surface area contributed by atoms with Gasteiger partial charge in [-0.2, -0.15) is 0 Å². The zero-order valence-corrected chi connectivity index (χ0v) is 11.4. The number of ether oxygens (including phenoxy) is 1. The molecule has 0 aliphatic carbocycles. The number of hydrogen-bond donors (Lipinski definition) is 0. The second kappa shape index (κ2) is 6.62. The quantitative estimate of drug-likeness (QED) is 0.605. The molecule has 1 saturated heterocycles. The monoisotopic (exact) mass is 283 g/mol. The minimum Gasteiger partial charge on any atom is -0.383 e. The van der Waals surface area contributed by atoms with E-state index in [1.54, 1.807) is 7.11 Å². The summed E-state index contributed by atoms with van der Waals surface area (Å²) in [6, 6.07) is 3.58. The molecule has 0 aromatic heterocycles. The van der Waals surface area contributed by atoms with Gasteiger partial charge in [-0.25, -0.2) is 4.39 Å². The van der Waals surface area contributed by atoms with Gasteiger partial charge in [0.15, 0.2) is 0 Å². The van der Waals surface area contributed by atoms with Crippen molar-refractivity contribution in [3.63, 3.8) is 0 Å². The fraction of sp³-hybridized carbons (Fsp3) is 0.538. The maximum absolute atomic E-state index is 13.3. The van der Waals surface area contributed by atoms with E-state index in [0.29, 0.717) is 25.4 Å². The number of nitrogens with zero attached hydrogens (tertiary/aromatic N) is 3. The van der Waals surface area contributed by atoms with Gasteiger partial charge in [-0.1, -0.05) is 0 Å². The molecule has 0 radical (unpaired) electrons. The van der Waals surface area contributed by atoms with Gasteiger partial charge in [-0.15, -0.1) is 0 Å². The molecule has 0 saturated carbocycles. The smallest absolute Gasteiger partial charge is 0.292 e. The van der Waals surface area contributed by atoms with Crippen molar-refractivity contribution in [2.24, 2.45) is 0 Å². The van der Waals surface area contributed by atoms with Gasteiger partial charge in [0.1, 0.15) is 11.5 Å². The molecule has 7 heteroatoms. The molecule has 110 valence electrons. The second-order valence-corrected chi connectivity index (χ2v) is 4.71. The third-order valence-corrected chi connectivity index (χ3v) is 3.46. The zero-order chi connectivity index (χ0) is 14.5. The Hall–Kier alpha value is -1.73. The number of rotatable bonds is 5. The van der Waals surface area contributed by atoms with Crippen LogP contribution in [0.5, 0.6) is 0 Å². The van der Waals surface area contributed by atoms with Crippen LogP contribution in [0, 0.1) is 15.9 Å². The van der Waals surface area contributed by atoms with Crippen molar-refractivity contribution in [2.75, 3.05) is 51.3 Å². The van der Waals surface area contributed by atoms with Crippen LogP contribution in [0.15, 0.2) is 18.2 Å². The first kappa shape index (κ1) is 14.7. The van der Waals surface area contributed by atoms with Crippen molar-refractivity contribution < 1.29 is 14.1 Å². The van der Waals surface area contributed by atoms with E-state index in [1.165, 1.54) is 12.1 Å². The number of anilines is 1. The van der Waals surface area contributed by atoms with Gasteiger partial charge in [0.05, 0.1) is 11.5 Å². The van der Waals surface area contributed by atoms with Gasteiger partial charge in [-0.05, 0) is 6.07 Å². The van der Waals surface area contributed by atoms with E-state index in [4.69, 9.17) is 4.74 Å². The van der Waals surface area contributed by atoms with Gasteiger partial charge < -0.3 is 9.64 Å². The average Bonchev–Trinajstić information content (AvgIpc) is 2.45. The van der Waals surface area contributed by atoms with Crippen molar-refractivity contribution in [3.8, 4) is 0 Å². The molecule has 20 heavy (non-hydrogen) atoms. The van der Waals surface area contributed by atoms with E-state index >= 15 is 0 Å². The number of halogens is 1. The summed E-state index contributed by atoms with van der Waals surface area (Å²) in [6.07, 6.45) is 0. The highest BCUT2D eigenvalue weighted by molar-refractivity contribution is 5.63. The molecule has 6 nitrogen and oxygen atoms in total. The van der Waals surface area contributed by atoms with Crippen LogP contribution in [0.4, 0.5) is 15.8 Å². The first-order valence-electron chi connectivity index (χ1n) is 6.52. The summed E-state index contributed by atoms with van der Waals surface area (Å²) in [4.78, 5) is 14.6. The predicted molar refractivity (Wildman–Crippen MR) is 73.6 cm³/mol. The first-order chi connectivity index (χ1) is 9.61. The molecule has 1 aromatic carbocycles. The third kappa shape index (κ3) is 3.43. The maximum Gasteiger partial charge on any atom is 0.292 e. The number of nitro groups is 1. The number of hydrogen-bond acceptors (Lipinski definition) is 5. The highest BCUT2D eigenvalue weighted by Crippen LogP contribution is 2.29. The summed E-state index contributed by atoms with van der Waals surface area (Å²) < 4.78 is 18.4. The molecule has 1 aliphatic heterocycles. The Morgan fingerprint density at radius 2 is 2.05 bits per heavy atom. The molecule has 0 N–H and O–H groups in total. The summed E-state index contributed by atoms with van der Waals surface area (Å²) in [7, 11) is 1.66. The minimum absolute atomic E-state index is 0.0447. The van der Waals surface area contributed by atoms with Crippen LogP contribution in [-0.4, -0.2) is 56.3 Å². The SMILES string of the molecule is COCCN1CCN(c2cc(F)ccc2[N+](=O)[O-])CC1. The summed E-state index contributed by atoms with van der Waals surface area (Å²) in [5.74, 6) is -0.451. The topological polar surface area (TPSA) is 58.8 Å². The fourth-order valence-electron chi connectivity index (χ4n) is 2.34. The Morgan fingerprint density at radius 3 is 2.65 bits per heavy atom. The Labute approximate surface area is 116 Å². The van der Waals surface area contributed by atoms with Gasteiger partial charge >= 0.3 is 0 Å². The Kier molecular flexibility index (Phi) is 4.86. The van der Waals surface area contributed by atoms with E-state index in [1.807, 2.05) is 4.90 Å². The largest absolute Gasteiger partial charge is 0.383 e. The Morgan fingerprint density at radius 1 is 1.35 bits per heavy atom. The lowest BCUT2D eigenvalue weighted by Crippen LogP contribution is -2.47. The van der Waals surface area contributed by atoms with Gasteiger partial charge in [0.2, 0.25) is 0 Å². The average molecular weight is 283 g/mol. The minimum atomic E-state index is -0.466. The number of nitro benzene ring substituents is 1. The maximum atomic E-state index is 13.3. The molecular formula is C13H18FN3O3. The summed E-state index contributed by atoms with van der Waals surface area (Å²) in [6.45, 7) is 4.38. The Bertz CT molecular complexity index is 476.